The average molecular weight is 321 g/mol. The van der Waals surface area contributed by atoms with E-state index in [1.54, 1.807) is 18.5 Å². The Bertz CT molecular complexity index is 866. The number of pyridine rings is 1. The molecule has 1 fully saturated rings. The Morgan fingerprint density at radius 3 is 2.92 bits per heavy atom. The van der Waals surface area contributed by atoms with E-state index in [0.29, 0.717) is 5.56 Å². The molecule has 6 heteroatoms. The van der Waals surface area contributed by atoms with Gasteiger partial charge in [-0.25, -0.2) is 4.98 Å². The van der Waals surface area contributed by atoms with E-state index < -0.39 is 0 Å². The van der Waals surface area contributed by atoms with Crippen LogP contribution in [0.1, 0.15) is 29.6 Å². The van der Waals surface area contributed by atoms with Gasteiger partial charge in [0.25, 0.3) is 5.91 Å². The third-order valence-corrected chi connectivity index (χ3v) is 4.39. The number of fused-ring (bicyclic) bond motifs is 1. The van der Waals surface area contributed by atoms with Gasteiger partial charge in [0.2, 0.25) is 0 Å². The molecule has 4 rings (SSSR count). The van der Waals surface area contributed by atoms with Crippen molar-refractivity contribution in [3.63, 3.8) is 0 Å². The van der Waals surface area contributed by atoms with E-state index in [2.05, 4.69) is 25.4 Å². The zero-order valence-corrected chi connectivity index (χ0v) is 13.3. The number of nitrogens with zero attached hydrogens (tertiary/aromatic N) is 3. The molecule has 0 spiro atoms. The molecule has 1 aliphatic heterocycles. The van der Waals surface area contributed by atoms with Crippen LogP contribution >= 0.6 is 0 Å². The molecule has 3 heterocycles. The number of aromatic amines is 1. The van der Waals surface area contributed by atoms with E-state index in [0.717, 1.165) is 48.3 Å². The molecule has 24 heavy (non-hydrogen) atoms. The largest absolute Gasteiger partial charge is 0.356 e. The number of carbonyl (C=O) groups excluding carboxylic acids is 1. The van der Waals surface area contributed by atoms with Gasteiger partial charge in [0, 0.05) is 30.4 Å². The summed E-state index contributed by atoms with van der Waals surface area (Å²) in [6.07, 6.45) is 7.05. The molecule has 1 saturated heterocycles. The normalized spacial score (nSPS) is 14.8. The molecule has 0 saturated carbocycles. The van der Waals surface area contributed by atoms with Crippen LogP contribution in [0, 0.1) is 0 Å². The van der Waals surface area contributed by atoms with Gasteiger partial charge < -0.3 is 10.2 Å². The average Bonchev–Trinajstić information content (AvgIpc) is 3.10. The highest BCUT2D eigenvalue weighted by Gasteiger charge is 2.19. The Morgan fingerprint density at radius 1 is 1.17 bits per heavy atom. The minimum Gasteiger partial charge on any atom is -0.356 e. The molecule has 1 amide bonds. The third-order valence-electron chi connectivity index (χ3n) is 4.39. The molecule has 2 aromatic heterocycles. The maximum atomic E-state index is 12.7. The second kappa shape index (κ2) is 6.31. The van der Waals surface area contributed by atoms with Gasteiger partial charge in [-0.1, -0.05) is 0 Å². The number of hydrogen-bond donors (Lipinski definition) is 2. The van der Waals surface area contributed by atoms with Crippen molar-refractivity contribution in [3.8, 4) is 0 Å². The number of benzene rings is 1. The van der Waals surface area contributed by atoms with Crippen LogP contribution in [0.2, 0.25) is 0 Å². The fourth-order valence-corrected chi connectivity index (χ4v) is 3.15. The molecule has 122 valence electrons. The lowest BCUT2D eigenvalue weighted by atomic mass is 10.1. The van der Waals surface area contributed by atoms with Crippen molar-refractivity contribution in [1.82, 2.24) is 15.2 Å². The van der Waals surface area contributed by atoms with Crippen molar-refractivity contribution < 1.29 is 4.79 Å². The van der Waals surface area contributed by atoms with E-state index in [1.165, 1.54) is 6.42 Å². The molecule has 3 aromatic rings. The molecule has 0 atom stereocenters. The first kappa shape index (κ1) is 14.7. The number of H-pyrrole nitrogens is 1. The first-order chi connectivity index (χ1) is 11.8. The van der Waals surface area contributed by atoms with E-state index >= 15 is 0 Å². The maximum absolute atomic E-state index is 12.7. The van der Waals surface area contributed by atoms with Crippen molar-refractivity contribution in [2.75, 3.05) is 23.3 Å². The van der Waals surface area contributed by atoms with Crippen molar-refractivity contribution >= 4 is 28.3 Å². The number of piperidine rings is 1. The SMILES string of the molecule is O=C(Nc1ccc2cn[nH]c2c1)c1cccnc1N1CCCCC1. The van der Waals surface area contributed by atoms with Gasteiger partial charge in [-0.2, -0.15) is 5.10 Å². The number of carbonyl (C=O) groups is 1. The summed E-state index contributed by atoms with van der Waals surface area (Å²) in [5, 5.41) is 10.9. The summed E-state index contributed by atoms with van der Waals surface area (Å²) in [6.45, 7) is 1.91. The number of hydrogen-bond acceptors (Lipinski definition) is 4. The maximum Gasteiger partial charge on any atom is 0.259 e. The van der Waals surface area contributed by atoms with E-state index in [1.807, 2.05) is 24.3 Å². The standard InChI is InChI=1S/C18H19N5O/c24-18(21-14-7-6-13-12-20-22-16(13)11-14)15-5-4-8-19-17(15)23-9-2-1-3-10-23/h4-8,11-12H,1-3,9-10H2,(H,20,22)(H,21,24). The Hall–Kier alpha value is -2.89. The van der Waals surface area contributed by atoms with Crippen LogP contribution < -0.4 is 10.2 Å². The number of amides is 1. The van der Waals surface area contributed by atoms with Crippen LogP contribution in [0.15, 0.2) is 42.7 Å². The number of rotatable bonds is 3. The van der Waals surface area contributed by atoms with Crippen LogP contribution in [-0.2, 0) is 0 Å². The van der Waals surface area contributed by atoms with Gasteiger partial charge in [0.1, 0.15) is 5.82 Å². The van der Waals surface area contributed by atoms with Crippen molar-refractivity contribution in [3.05, 3.63) is 48.3 Å². The summed E-state index contributed by atoms with van der Waals surface area (Å²) in [6, 6.07) is 9.34. The molecule has 0 radical (unpaired) electrons. The lowest BCUT2D eigenvalue weighted by molar-refractivity contribution is 0.102. The predicted octanol–water partition coefficient (Wildman–Crippen LogP) is 3.20. The van der Waals surface area contributed by atoms with Crippen LogP contribution in [0.5, 0.6) is 0 Å². The number of nitrogens with one attached hydrogen (secondary N) is 2. The molecule has 0 unspecified atom stereocenters. The molecular formula is C18H19N5O. The molecule has 0 aliphatic carbocycles. The highest BCUT2D eigenvalue weighted by Crippen LogP contribution is 2.23. The van der Waals surface area contributed by atoms with Gasteiger partial charge in [0.15, 0.2) is 0 Å². The Morgan fingerprint density at radius 2 is 2.04 bits per heavy atom. The summed E-state index contributed by atoms with van der Waals surface area (Å²) in [5.41, 5.74) is 2.25. The molecular weight excluding hydrogens is 302 g/mol. The smallest absolute Gasteiger partial charge is 0.259 e. The van der Waals surface area contributed by atoms with Gasteiger partial charge in [-0.05, 0) is 49.6 Å². The zero-order chi connectivity index (χ0) is 16.4. The van der Waals surface area contributed by atoms with Crippen molar-refractivity contribution in [2.45, 2.75) is 19.3 Å². The molecule has 2 N–H and O–H groups in total. The first-order valence-corrected chi connectivity index (χ1v) is 8.26. The monoisotopic (exact) mass is 321 g/mol. The Labute approximate surface area is 139 Å². The van der Waals surface area contributed by atoms with Gasteiger partial charge in [-0.15, -0.1) is 0 Å². The van der Waals surface area contributed by atoms with Crippen molar-refractivity contribution in [2.24, 2.45) is 0 Å². The van der Waals surface area contributed by atoms with E-state index in [9.17, 15) is 4.79 Å². The predicted molar refractivity (Wildman–Crippen MR) is 94.3 cm³/mol. The van der Waals surface area contributed by atoms with E-state index in [4.69, 9.17) is 0 Å². The van der Waals surface area contributed by atoms with Crippen LogP contribution in [0.25, 0.3) is 10.9 Å². The number of aromatic nitrogens is 3. The fourth-order valence-electron chi connectivity index (χ4n) is 3.15. The summed E-state index contributed by atoms with van der Waals surface area (Å²) < 4.78 is 0. The third kappa shape index (κ3) is 2.82. The van der Waals surface area contributed by atoms with Gasteiger partial charge >= 0.3 is 0 Å². The highest BCUT2D eigenvalue weighted by molar-refractivity contribution is 6.08. The van der Waals surface area contributed by atoms with E-state index in [-0.39, 0.29) is 5.91 Å². The van der Waals surface area contributed by atoms with Crippen LogP contribution in [0.4, 0.5) is 11.5 Å². The summed E-state index contributed by atoms with van der Waals surface area (Å²) in [7, 11) is 0. The minimum absolute atomic E-state index is 0.137. The van der Waals surface area contributed by atoms with Gasteiger partial charge in [0.05, 0.1) is 17.3 Å². The summed E-state index contributed by atoms with van der Waals surface area (Å²) >= 11 is 0. The van der Waals surface area contributed by atoms with Gasteiger partial charge in [-0.3, -0.25) is 9.89 Å². The second-order valence-electron chi connectivity index (χ2n) is 6.05. The first-order valence-electron chi connectivity index (χ1n) is 8.26. The molecule has 6 nitrogen and oxygen atoms in total. The lowest BCUT2D eigenvalue weighted by Crippen LogP contribution is -2.32. The Balaban J connectivity index is 1.59. The summed E-state index contributed by atoms with van der Waals surface area (Å²) in [5.74, 6) is 0.639. The minimum atomic E-state index is -0.137. The molecule has 1 aromatic carbocycles. The van der Waals surface area contributed by atoms with Crippen molar-refractivity contribution in [1.29, 1.82) is 0 Å². The highest BCUT2D eigenvalue weighted by atomic mass is 16.1. The fraction of sp³-hybridized carbons (Fsp3) is 0.278. The Kier molecular flexibility index (Phi) is 3.86. The topological polar surface area (TPSA) is 73.9 Å². The quantitative estimate of drug-likeness (QED) is 0.777. The number of anilines is 2. The molecule has 0 bridgehead atoms. The van der Waals surface area contributed by atoms with Crippen LogP contribution in [-0.4, -0.2) is 34.2 Å². The zero-order valence-electron chi connectivity index (χ0n) is 13.3. The second-order valence-corrected chi connectivity index (χ2v) is 6.05. The molecule has 1 aliphatic rings. The lowest BCUT2D eigenvalue weighted by Gasteiger charge is -2.29. The summed E-state index contributed by atoms with van der Waals surface area (Å²) in [4.78, 5) is 19.4. The van der Waals surface area contributed by atoms with Crippen LogP contribution in [0.3, 0.4) is 0 Å².